The summed E-state index contributed by atoms with van der Waals surface area (Å²) in [6, 6.07) is 16.0. The SMILES string of the molecule is COc1cc(/C=N\NC(=O)c2cc3cc(Br)cc(Br)c3o2)ccc1OCc1ccc(Cl)c(Cl)c1. The molecule has 1 amide bonds. The third kappa shape index (κ3) is 5.75. The normalized spacial score (nSPS) is 11.2. The van der Waals surface area contributed by atoms with Crippen molar-refractivity contribution < 1.29 is 18.7 Å². The molecule has 0 atom stereocenters. The van der Waals surface area contributed by atoms with Crippen molar-refractivity contribution in [1.82, 2.24) is 5.43 Å². The number of carbonyl (C=O) groups excluding carboxylic acids is 1. The van der Waals surface area contributed by atoms with E-state index in [0.717, 1.165) is 19.9 Å². The van der Waals surface area contributed by atoms with Gasteiger partial charge >= 0.3 is 5.91 Å². The Morgan fingerprint density at radius 3 is 2.65 bits per heavy atom. The van der Waals surface area contributed by atoms with E-state index in [1.165, 1.54) is 6.21 Å². The Morgan fingerprint density at radius 1 is 1.06 bits per heavy atom. The lowest BCUT2D eigenvalue weighted by Crippen LogP contribution is -2.16. The molecule has 6 nitrogen and oxygen atoms in total. The third-order valence-corrected chi connectivity index (χ3v) is 6.49. The van der Waals surface area contributed by atoms with E-state index in [9.17, 15) is 4.79 Å². The van der Waals surface area contributed by atoms with Crippen LogP contribution in [0.3, 0.4) is 0 Å². The Morgan fingerprint density at radius 2 is 1.88 bits per heavy atom. The van der Waals surface area contributed by atoms with Gasteiger partial charge in [0.1, 0.15) is 12.2 Å². The summed E-state index contributed by atoms with van der Waals surface area (Å²) in [5.74, 6) is 0.746. The molecule has 0 radical (unpaired) electrons. The summed E-state index contributed by atoms with van der Waals surface area (Å²) in [4.78, 5) is 12.4. The molecule has 0 aliphatic carbocycles. The summed E-state index contributed by atoms with van der Waals surface area (Å²) >= 11 is 18.8. The molecular weight excluding hydrogens is 611 g/mol. The van der Waals surface area contributed by atoms with Gasteiger partial charge in [0.15, 0.2) is 17.3 Å². The number of fused-ring (bicyclic) bond motifs is 1. The first kappa shape index (κ1) is 24.6. The number of hydrazone groups is 1. The molecular formula is C24H16Br2Cl2N2O4. The van der Waals surface area contributed by atoms with Crippen LogP contribution in [0.4, 0.5) is 0 Å². The minimum atomic E-state index is -0.469. The van der Waals surface area contributed by atoms with Crippen LogP contribution in [0.15, 0.2) is 73.1 Å². The highest BCUT2D eigenvalue weighted by Gasteiger charge is 2.14. The second kappa shape index (κ2) is 10.8. The Labute approximate surface area is 222 Å². The second-order valence-electron chi connectivity index (χ2n) is 7.06. The first-order valence-corrected chi connectivity index (χ1v) is 12.1. The van der Waals surface area contributed by atoms with Crippen LogP contribution in [0.5, 0.6) is 11.5 Å². The topological polar surface area (TPSA) is 73.1 Å². The molecule has 4 rings (SSSR count). The summed E-state index contributed by atoms with van der Waals surface area (Å²) in [5.41, 5.74) is 4.62. The predicted molar refractivity (Wildman–Crippen MR) is 140 cm³/mol. The minimum Gasteiger partial charge on any atom is -0.493 e. The van der Waals surface area contributed by atoms with Crippen molar-refractivity contribution in [3.8, 4) is 11.5 Å². The molecule has 0 unspecified atom stereocenters. The van der Waals surface area contributed by atoms with E-state index in [1.807, 2.05) is 18.2 Å². The number of nitrogens with one attached hydrogen (secondary N) is 1. The van der Waals surface area contributed by atoms with Gasteiger partial charge in [-0.3, -0.25) is 4.79 Å². The van der Waals surface area contributed by atoms with E-state index in [1.54, 1.807) is 43.5 Å². The zero-order chi connectivity index (χ0) is 24.2. The number of ether oxygens (including phenoxy) is 2. The van der Waals surface area contributed by atoms with Crippen LogP contribution in [0.25, 0.3) is 11.0 Å². The number of methoxy groups -OCH3 is 1. The molecule has 1 heterocycles. The van der Waals surface area contributed by atoms with Crippen molar-refractivity contribution in [2.45, 2.75) is 6.61 Å². The van der Waals surface area contributed by atoms with Crippen LogP contribution in [-0.4, -0.2) is 19.2 Å². The summed E-state index contributed by atoms with van der Waals surface area (Å²) in [6.45, 7) is 0.293. The molecule has 3 aromatic carbocycles. The van der Waals surface area contributed by atoms with Crippen molar-refractivity contribution in [2.75, 3.05) is 7.11 Å². The van der Waals surface area contributed by atoms with Crippen molar-refractivity contribution in [3.05, 3.63) is 90.5 Å². The maximum atomic E-state index is 12.4. The molecule has 4 aromatic rings. The molecule has 0 spiro atoms. The van der Waals surface area contributed by atoms with E-state index in [-0.39, 0.29) is 5.76 Å². The third-order valence-electron chi connectivity index (χ3n) is 4.71. The largest absolute Gasteiger partial charge is 0.493 e. The van der Waals surface area contributed by atoms with Gasteiger partial charge in [-0.15, -0.1) is 0 Å². The highest BCUT2D eigenvalue weighted by Crippen LogP contribution is 2.31. The van der Waals surface area contributed by atoms with Crippen LogP contribution < -0.4 is 14.9 Å². The number of carbonyl (C=O) groups is 1. The fraction of sp³-hybridized carbons (Fsp3) is 0.0833. The van der Waals surface area contributed by atoms with Gasteiger partial charge in [0.25, 0.3) is 0 Å². The van der Waals surface area contributed by atoms with Crippen LogP contribution in [0.1, 0.15) is 21.7 Å². The van der Waals surface area contributed by atoms with Gasteiger partial charge in [-0.05, 0) is 75.6 Å². The summed E-state index contributed by atoms with van der Waals surface area (Å²) < 4.78 is 18.5. The lowest BCUT2D eigenvalue weighted by Gasteiger charge is -2.11. The molecule has 0 bridgehead atoms. The van der Waals surface area contributed by atoms with Crippen LogP contribution >= 0.6 is 55.1 Å². The molecule has 0 aliphatic heterocycles. The number of hydrogen-bond acceptors (Lipinski definition) is 5. The fourth-order valence-corrected chi connectivity index (χ4v) is 4.74. The van der Waals surface area contributed by atoms with E-state index in [2.05, 4.69) is 42.4 Å². The smallest absolute Gasteiger partial charge is 0.307 e. The minimum absolute atomic E-state index is 0.148. The highest BCUT2D eigenvalue weighted by atomic mass is 79.9. The van der Waals surface area contributed by atoms with Crippen molar-refractivity contribution in [3.63, 3.8) is 0 Å². The standard InChI is InChI=1S/C24H16Br2Cl2N2O4/c1-32-21-7-13(3-5-20(21)33-12-14-2-4-18(27)19(28)6-14)11-29-30-24(31)22-9-15-8-16(25)10-17(26)23(15)34-22/h2-11H,12H2,1H3,(H,30,31)/b29-11-. The first-order chi connectivity index (χ1) is 16.3. The zero-order valence-corrected chi connectivity index (χ0v) is 22.3. The second-order valence-corrected chi connectivity index (χ2v) is 9.65. The van der Waals surface area contributed by atoms with Gasteiger partial charge < -0.3 is 13.9 Å². The molecule has 0 saturated carbocycles. The van der Waals surface area contributed by atoms with Crippen molar-refractivity contribution in [1.29, 1.82) is 0 Å². The first-order valence-electron chi connectivity index (χ1n) is 9.81. The zero-order valence-electron chi connectivity index (χ0n) is 17.6. The molecule has 1 N–H and O–H groups in total. The highest BCUT2D eigenvalue weighted by molar-refractivity contribution is 9.11. The number of hydrogen-bond donors (Lipinski definition) is 1. The summed E-state index contributed by atoms with van der Waals surface area (Å²) in [6.07, 6.45) is 1.50. The summed E-state index contributed by atoms with van der Waals surface area (Å²) in [7, 11) is 1.54. The van der Waals surface area contributed by atoms with Crippen LogP contribution in [0.2, 0.25) is 10.0 Å². The average molecular weight is 627 g/mol. The number of benzene rings is 3. The number of rotatable bonds is 7. The van der Waals surface area contributed by atoms with Gasteiger partial charge in [-0.1, -0.05) is 45.2 Å². The Bertz CT molecular complexity index is 1410. The Kier molecular flexibility index (Phi) is 7.83. The van der Waals surface area contributed by atoms with Crippen LogP contribution in [-0.2, 0) is 6.61 Å². The van der Waals surface area contributed by atoms with Crippen LogP contribution in [0, 0.1) is 0 Å². The van der Waals surface area contributed by atoms with Gasteiger partial charge in [0, 0.05) is 9.86 Å². The van der Waals surface area contributed by atoms with Gasteiger partial charge in [-0.2, -0.15) is 5.10 Å². The molecule has 0 aliphatic rings. The van der Waals surface area contributed by atoms with E-state index < -0.39 is 5.91 Å². The predicted octanol–water partition coefficient (Wildman–Crippen LogP) is 7.62. The number of halogens is 4. The molecule has 0 fully saturated rings. The van der Waals surface area contributed by atoms with Gasteiger partial charge in [0.05, 0.1) is 27.8 Å². The molecule has 0 saturated heterocycles. The molecule has 1 aromatic heterocycles. The van der Waals surface area contributed by atoms with Crippen molar-refractivity contribution in [2.24, 2.45) is 5.10 Å². The van der Waals surface area contributed by atoms with E-state index >= 15 is 0 Å². The maximum Gasteiger partial charge on any atom is 0.307 e. The monoisotopic (exact) mass is 624 g/mol. The molecule has 34 heavy (non-hydrogen) atoms. The van der Waals surface area contributed by atoms with E-state index in [4.69, 9.17) is 37.1 Å². The number of nitrogens with zero attached hydrogens (tertiary/aromatic N) is 1. The molecule has 10 heteroatoms. The average Bonchev–Trinajstić information content (AvgIpc) is 3.25. The van der Waals surface area contributed by atoms with Gasteiger partial charge in [0.2, 0.25) is 0 Å². The number of furan rings is 1. The fourth-order valence-electron chi connectivity index (χ4n) is 3.08. The van der Waals surface area contributed by atoms with Crippen molar-refractivity contribution >= 4 is 78.2 Å². The Hall–Kier alpha value is -2.52. The lowest BCUT2D eigenvalue weighted by molar-refractivity contribution is 0.0929. The molecule has 174 valence electrons. The maximum absolute atomic E-state index is 12.4. The quantitative estimate of drug-likeness (QED) is 0.169. The summed E-state index contributed by atoms with van der Waals surface area (Å²) in [5, 5.41) is 5.75. The Balaban J connectivity index is 1.41. The lowest BCUT2D eigenvalue weighted by atomic mass is 10.2. The van der Waals surface area contributed by atoms with E-state index in [0.29, 0.717) is 39.3 Å². The number of amides is 1. The van der Waals surface area contributed by atoms with Gasteiger partial charge in [-0.25, -0.2) is 5.43 Å².